The van der Waals surface area contributed by atoms with Crippen LogP contribution < -0.4 is 10.6 Å². The molecule has 1 saturated heterocycles. The molecule has 1 aliphatic rings. The number of nitrogens with one attached hydrogen (secondary N) is 3. The molecule has 3 N–H and O–H groups in total. The van der Waals surface area contributed by atoms with Crippen molar-refractivity contribution in [1.29, 1.82) is 0 Å². The highest BCUT2D eigenvalue weighted by Crippen LogP contribution is 2.20. The first kappa shape index (κ1) is 10.9. The molecule has 0 bridgehead atoms. The molecular formula is C12H10N4OS. The van der Waals surface area contributed by atoms with E-state index < -0.39 is 0 Å². The number of hydrogen-bond donors (Lipinski definition) is 3. The summed E-state index contributed by atoms with van der Waals surface area (Å²) in [7, 11) is 0. The fourth-order valence-corrected chi connectivity index (χ4v) is 2.09. The highest BCUT2D eigenvalue weighted by molar-refractivity contribution is 7.80. The Labute approximate surface area is 108 Å². The van der Waals surface area contributed by atoms with E-state index in [2.05, 4.69) is 20.6 Å². The Balaban J connectivity index is 2.10. The lowest BCUT2D eigenvalue weighted by molar-refractivity contribution is -0.115. The van der Waals surface area contributed by atoms with Gasteiger partial charge >= 0.3 is 0 Å². The summed E-state index contributed by atoms with van der Waals surface area (Å²) in [6, 6.07) is 2.02. The molecule has 0 aliphatic carbocycles. The number of aromatic nitrogens is 2. The number of amides is 1. The molecular weight excluding hydrogens is 248 g/mol. The van der Waals surface area contributed by atoms with Crippen molar-refractivity contribution >= 4 is 40.3 Å². The van der Waals surface area contributed by atoms with Gasteiger partial charge in [0.25, 0.3) is 5.91 Å². The van der Waals surface area contributed by atoms with Crippen molar-refractivity contribution in [3.05, 3.63) is 35.3 Å². The van der Waals surface area contributed by atoms with Gasteiger partial charge in [0, 0.05) is 23.3 Å². The number of carbonyl (C=O) groups excluding carboxylic acids is 1. The third kappa shape index (κ3) is 1.76. The Bertz CT molecular complexity index is 701. The second-order valence-electron chi connectivity index (χ2n) is 4.12. The molecule has 0 aromatic carbocycles. The molecule has 3 rings (SSSR count). The number of H-pyrrole nitrogens is 1. The first-order valence-electron chi connectivity index (χ1n) is 5.41. The second kappa shape index (κ2) is 3.92. The van der Waals surface area contributed by atoms with Gasteiger partial charge in [0.05, 0.1) is 0 Å². The van der Waals surface area contributed by atoms with Crippen LogP contribution in [0.25, 0.3) is 17.1 Å². The molecule has 1 amide bonds. The molecule has 1 aliphatic heterocycles. The molecule has 5 nitrogen and oxygen atoms in total. The summed E-state index contributed by atoms with van der Waals surface area (Å²) in [4.78, 5) is 18.9. The summed E-state index contributed by atoms with van der Waals surface area (Å²) in [6.07, 6.45) is 5.38. The van der Waals surface area contributed by atoms with Crippen LogP contribution in [0, 0.1) is 6.92 Å². The molecule has 1 fully saturated rings. The largest absolute Gasteiger partial charge is 0.346 e. The van der Waals surface area contributed by atoms with Crippen molar-refractivity contribution in [2.45, 2.75) is 6.92 Å². The summed E-state index contributed by atoms with van der Waals surface area (Å²) in [5.74, 6) is -0.213. The molecule has 2 aromatic heterocycles. The first-order chi connectivity index (χ1) is 8.63. The van der Waals surface area contributed by atoms with Gasteiger partial charge in [-0.05, 0) is 36.8 Å². The lowest BCUT2D eigenvalue weighted by atomic mass is 10.1. The number of aryl methyl sites for hydroxylation is 1. The summed E-state index contributed by atoms with van der Waals surface area (Å²) in [5, 5.41) is 6.66. The quantitative estimate of drug-likeness (QED) is 0.531. The number of nitrogens with zero attached hydrogens (tertiary/aromatic N) is 1. The average molecular weight is 258 g/mol. The van der Waals surface area contributed by atoms with Crippen molar-refractivity contribution in [1.82, 2.24) is 20.6 Å². The van der Waals surface area contributed by atoms with Gasteiger partial charge in [0.2, 0.25) is 0 Å². The van der Waals surface area contributed by atoms with Gasteiger partial charge < -0.3 is 10.3 Å². The zero-order valence-corrected chi connectivity index (χ0v) is 10.4. The van der Waals surface area contributed by atoms with Crippen molar-refractivity contribution in [3.8, 4) is 0 Å². The fraction of sp³-hybridized carbons (Fsp3) is 0.0833. The van der Waals surface area contributed by atoms with Gasteiger partial charge in [-0.3, -0.25) is 10.1 Å². The number of aromatic amines is 1. The smallest absolute Gasteiger partial charge is 0.273 e. The molecule has 90 valence electrons. The van der Waals surface area contributed by atoms with Crippen LogP contribution in [-0.2, 0) is 4.79 Å². The van der Waals surface area contributed by atoms with Crippen molar-refractivity contribution in [2.75, 3.05) is 0 Å². The number of thiocarbonyl (C=S) groups is 1. The van der Waals surface area contributed by atoms with Gasteiger partial charge in [0.15, 0.2) is 5.11 Å². The van der Waals surface area contributed by atoms with Gasteiger partial charge in [-0.2, -0.15) is 0 Å². The molecule has 0 spiro atoms. The second-order valence-corrected chi connectivity index (χ2v) is 4.53. The van der Waals surface area contributed by atoms with E-state index in [1.807, 2.05) is 19.2 Å². The summed E-state index contributed by atoms with van der Waals surface area (Å²) in [5.41, 5.74) is 3.22. The molecule has 0 radical (unpaired) electrons. The first-order valence-corrected chi connectivity index (χ1v) is 5.82. The summed E-state index contributed by atoms with van der Waals surface area (Å²) >= 11 is 4.88. The van der Waals surface area contributed by atoms with Gasteiger partial charge in [-0.15, -0.1) is 0 Å². The van der Waals surface area contributed by atoms with E-state index in [-0.39, 0.29) is 5.91 Å². The third-order valence-corrected chi connectivity index (χ3v) is 2.92. The van der Waals surface area contributed by atoms with Gasteiger partial charge in [-0.1, -0.05) is 0 Å². The minimum atomic E-state index is -0.213. The Kier molecular flexibility index (Phi) is 2.38. The molecule has 18 heavy (non-hydrogen) atoms. The zero-order valence-electron chi connectivity index (χ0n) is 9.57. The van der Waals surface area contributed by atoms with Crippen molar-refractivity contribution in [2.24, 2.45) is 0 Å². The zero-order chi connectivity index (χ0) is 12.7. The van der Waals surface area contributed by atoms with E-state index in [1.165, 1.54) is 0 Å². The van der Waals surface area contributed by atoms with Crippen LogP contribution in [0.15, 0.2) is 24.2 Å². The van der Waals surface area contributed by atoms with E-state index >= 15 is 0 Å². The SMILES string of the molecule is Cc1cnc2[nH]cc(/C=C3\NC(=S)NC3=O)c2c1. The maximum absolute atomic E-state index is 11.6. The summed E-state index contributed by atoms with van der Waals surface area (Å²) < 4.78 is 0. The maximum atomic E-state index is 11.6. The molecule has 0 saturated carbocycles. The number of fused-ring (bicyclic) bond motifs is 1. The number of hydrogen-bond acceptors (Lipinski definition) is 3. The van der Waals surface area contributed by atoms with Gasteiger partial charge in [-0.25, -0.2) is 4.98 Å². The molecule has 3 heterocycles. The minimum absolute atomic E-state index is 0.213. The van der Waals surface area contributed by atoms with Crippen LogP contribution in [0.2, 0.25) is 0 Å². The Morgan fingerprint density at radius 1 is 1.39 bits per heavy atom. The highest BCUT2D eigenvalue weighted by Gasteiger charge is 2.20. The van der Waals surface area contributed by atoms with E-state index in [0.717, 1.165) is 22.2 Å². The number of rotatable bonds is 1. The normalized spacial score (nSPS) is 17.3. The molecule has 0 atom stereocenters. The lowest BCUT2D eigenvalue weighted by Gasteiger charge is -1.96. The minimum Gasteiger partial charge on any atom is -0.346 e. The van der Waals surface area contributed by atoms with E-state index in [1.54, 1.807) is 12.3 Å². The van der Waals surface area contributed by atoms with Crippen LogP contribution in [0.1, 0.15) is 11.1 Å². The van der Waals surface area contributed by atoms with Gasteiger partial charge in [0.1, 0.15) is 11.3 Å². The third-order valence-electron chi connectivity index (χ3n) is 2.72. The lowest BCUT2D eigenvalue weighted by Crippen LogP contribution is -2.21. The summed E-state index contributed by atoms with van der Waals surface area (Å²) in [6.45, 7) is 1.98. The van der Waals surface area contributed by atoms with Crippen LogP contribution in [0.3, 0.4) is 0 Å². The van der Waals surface area contributed by atoms with Crippen LogP contribution >= 0.6 is 12.2 Å². The molecule has 2 aromatic rings. The van der Waals surface area contributed by atoms with Crippen LogP contribution in [0.4, 0.5) is 0 Å². The predicted octanol–water partition coefficient (Wildman–Crippen LogP) is 1.22. The monoisotopic (exact) mass is 258 g/mol. The Hall–Kier alpha value is -2.21. The van der Waals surface area contributed by atoms with Crippen LogP contribution in [-0.4, -0.2) is 21.0 Å². The average Bonchev–Trinajstić information content (AvgIpc) is 2.84. The topological polar surface area (TPSA) is 69.8 Å². The van der Waals surface area contributed by atoms with Crippen molar-refractivity contribution < 1.29 is 4.79 Å². The fourth-order valence-electron chi connectivity index (χ4n) is 1.89. The van der Waals surface area contributed by atoms with E-state index in [9.17, 15) is 4.79 Å². The maximum Gasteiger partial charge on any atom is 0.273 e. The highest BCUT2D eigenvalue weighted by atomic mass is 32.1. The number of pyridine rings is 1. The molecule has 0 unspecified atom stereocenters. The predicted molar refractivity (Wildman–Crippen MR) is 72.7 cm³/mol. The van der Waals surface area contributed by atoms with Crippen LogP contribution in [0.5, 0.6) is 0 Å². The Morgan fingerprint density at radius 2 is 2.22 bits per heavy atom. The van der Waals surface area contributed by atoms with E-state index in [0.29, 0.717) is 10.8 Å². The number of carbonyl (C=O) groups is 1. The van der Waals surface area contributed by atoms with E-state index in [4.69, 9.17) is 12.2 Å². The van der Waals surface area contributed by atoms with Crippen molar-refractivity contribution in [3.63, 3.8) is 0 Å². The Morgan fingerprint density at radius 3 is 2.94 bits per heavy atom. The standard InChI is InChI=1S/C12H10N4OS/c1-6-2-8-7(5-14-10(8)13-4-6)3-9-11(17)16-12(18)15-9/h2-5H,1H3,(H,13,14)(H2,15,16,17,18)/b9-3-. The molecule has 6 heteroatoms.